The number of hydrogen-bond donors (Lipinski definition) is 2. The number of aliphatic hydroxyl groups is 1. The molecule has 116 valence electrons. The van der Waals surface area contributed by atoms with Gasteiger partial charge in [0.25, 0.3) is 11.5 Å². The van der Waals surface area contributed by atoms with E-state index in [1.54, 1.807) is 24.3 Å². The normalized spacial score (nSPS) is 21.5. The summed E-state index contributed by atoms with van der Waals surface area (Å²) in [6, 6.07) is 7.02. The molecule has 1 fully saturated rings. The highest BCUT2D eigenvalue weighted by molar-refractivity contribution is 5.94. The Bertz CT molecular complexity index is 758. The summed E-state index contributed by atoms with van der Waals surface area (Å²) in [7, 11) is 0. The lowest BCUT2D eigenvalue weighted by molar-refractivity contribution is -0.00237. The summed E-state index contributed by atoms with van der Waals surface area (Å²) in [5.74, 6) is -0.492. The van der Waals surface area contributed by atoms with E-state index < -0.39 is 23.7 Å². The molecular formula is C15H17N3O4. The average Bonchev–Trinajstić information content (AvgIpc) is 2.87. The predicted molar refractivity (Wildman–Crippen MR) is 79.7 cm³/mol. The minimum Gasteiger partial charge on any atom is -0.388 e. The van der Waals surface area contributed by atoms with E-state index in [1.807, 2.05) is 6.92 Å². The number of benzene rings is 1. The molecule has 0 spiro atoms. The molecule has 2 heterocycles. The molecule has 1 aliphatic rings. The molecule has 3 rings (SSSR count). The molecule has 0 saturated carbocycles. The molecule has 0 aliphatic carbocycles. The summed E-state index contributed by atoms with van der Waals surface area (Å²) in [5, 5.41) is 9.90. The Labute approximate surface area is 126 Å². The monoisotopic (exact) mass is 303 g/mol. The van der Waals surface area contributed by atoms with Crippen molar-refractivity contribution in [3.05, 3.63) is 40.3 Å². The van der Waals surface area contributed by atoms with Crippen molar-refractivity contribution in [1.82, 2.24) is 14.9 Å². The van der Waals surface area contributed by atoms with Gasteiger partial charge in [0, 0.05) is 19.7 Å². The maximum Gasteiger partial charge on any atom is 0.280 e. The number of likely N-dealkylation sites (tertiary alicyclic amines) is 1. The first-order chi connectivity index (χ1) is 10.6. The predicted octanol–water partition coefficient (Wildman–Crippen LogP) is 0.145. The SMILES string of the molecule is CCOC1CN(C(=O)c2nc3ccccc3[nH]c2=O)CC1O. The van der Waals surface area contributed by atoms with Crippen molar-refractivity contribution >= 4 is 16.9 Å². The number of hydrogen-bond acceptors (Lipinski definition) is 5. The number of H-pyrrole nitrogens is 1. The smallest absolute Gasteiger partial charge is 0.280 e. The number of nitrogens with zero attached hydrogens (tertiary/aromatic N) is 2. The van der Waals surface area contributed by atoms with Crippen LogP contribution < -0.4 is 5.56 Å². The average molecular weight is 303 g/mol. The van der Waals surface area contributed by atoms with Gasteiger partial charge in [-0.3, -0.25) is 9.59 Å². The molecule has 7 heteroatoms. The summed E-state index contributed by atoms with van der Waals surface area (Å²) in [6.07, 6.45) is -1.17. The second kappa shape index (κ2) is 5.86. The third kappa shape index (κ3) is 2.60. The zero-order valence-corrected chi connectivity index (χ0v) is 12.2. The summed E-state index contributed by atoms with van der Waals surface area (Å²) < 4.78 is 5.38. The van der Waals surface area contributed by atoms with Crippen molar-refractivity contribution in [2.75, 3.05) is 19.7 Å². The van der Waals surface area contributed by atoms with Gasteiger partial charge in [-0.15, -0.1) is 0 Å². The van der Waals surface area contributed by atoms with Crippen LogP contribution in [0.1, 0.15) is 17.4 Å². The van der Waals surface area contributed by atoms with Crippen LogP contribution in [0.5, 0.6) is 0 Å². The number of fused-ring (bicyclic) bond motifs is 1. The first kappa shape index (κ1) is 14.7. The summed E-state index contributed by atoms with van der Waals surface area (Å²) in [5.41, 5.74) is 0.436. The number of para-hydroxylation sites is 2. The van der Waals surface area contributed by atoms with Gasteiger partial charge in [-0.25, -0.2) is 4.98 Å². The highest BCUT2D eigenvalue weighted by Gasteiger charge is 2.36. The number of carbonyl (C=O) groups is 1. The first-order valence-electron chi connectivity index (χ1n) is 7.18. The number of aliphatic hydroxyl groups excluding tert-OH is 1. The Hall–Kier alpha value is -2.25. The molecule has 1 amide bonds. The second-order valence-corrected chi connectivity index (χ2v) is 5.20. The van der Waals surface area contributed by atoms with Crippen LogP contribution >= 0.6 is 0 Å². The minimum absolute atomic E-state index is 0.136. The third-order valence-electron chi connectivity index (χ3n) is 3.71. The molecule has 7 nitrogen and oxygen atoms in total. The van der Waals surface area contributed by atoms with E-state index in [-0.39, 0.29) is 18.8 Å². The van der Waals surface area contributed by atoms with Gasteiger partial charge in [-0.05, 0) is 19.1 Å². The van der Waals surface area contributed by atoms with Gasteiger partial charge >= 0.3 is 0 Å². The van der Waals surface area contributed by atoms with E-state index in [1.165, 1.54) is 4.90 Å². The molecule has 1 aromatic heterocycles. The summed E-state index contributed by atoms with van der Waals surface area (Å²) in [6.45, 7) is 2.67. The quantitative estimate of drug-likeness (QED) is 0.841. The van der Waals surface area contributed by atoms with E-state index in [0.717, 1.165) is 0 Å². The van der Waals surface area contributed by atoms with Crippen molar-refractivity contribution in [1.29, 1.82) is 0 Å². The zero-order chi connectivity index (χ0) is 15.7. The van der Waals surface area contributed by atoms with Crippen molar-refractivity contribution in [2.45, 2.75) is 19.1 Å². The van der Waals surface area contributed by atoms with E-state index in [0.29, 0.717) is 17.6 Å². The van der Waals surface area contributed by atoms with Crippen LogP contribution in [0, 0.1) is 0 Å². The van der Waals surface area contributed by atoms with Crippen molar-refractivity contribution in [2.24, 2.45) is 0 Å². The Kier molecular flexibility index (Phi) is 3.91. The number of amides is 1. The van der Waals surface area contributed by atoms with Crippen molar-refractivity contribution in [3.63, 3.8) is 0 Å². The van der Waals surface area contributed by atoms with Gasteiger partial charge in [-0.1, -0.05) is 12.1 Å². The maximum absolute atomic E-state index is 12.5. The third-order valence-corrected chi connectivity index (χ3v) is 3.71. The number of ether oxygens (including phenoxy) is 1. The molecule has 2 unspecified atom stereocenters. The number of carbonyl (C=O) groups excluding carboxylic acids is 1. The number of nitrogens with one attached hydrogen (secondary N) is 1. The van der Waals surface area contributed by atoms with Gasteiger partial charge in [0.15, 0.2) is 5.69 Å². The maximum atomic E-state index is 12.5. The topological polar surface area (TPSA) is 95.5 Å². The molecule has 2 atom stereocenters. The molecule has 22 heavy (non-hydrogen) atoms. The van der Waals surface area contributed by atoms with E-state index in [2.05, 4.69) is 9.97 Å². The van der Waals surface area contributed by atoms with Gasteiger partial charge in [0.2, 0.25) is 0 Å². The standard InChI is InChI=1S/C15H17N3O4/c1-2-22-12-8-18(7-11(12)19)15(21)13-14(20)17-10-6-4-3-5-9(10)16-13/h3-6,11-12,19H,2,7-8H2,1H3,(H,17,20). The largest absolute Gasteiger partial charge is 0.388 e. The first-order valence-corrected chi connectivity index (χ1v) is 7.18. The fourth-order valence-electron chi connectivity index (χ4n) is 2.62. The van der Waals surface area contributed by atoms with Crippen LogP contribution in [0.15, 0.2) is 29.1 Å². The van der Waals surface area contributed by atoms with Crippen LogP contribution in [0.25, 0.3) is 11.0 Å². The molecule has 1 aromatic carbocycles. The van der Waals surface area contributed by atoms with Gasteiger partial charge in [0.05, 0.1) is 17.1 Å². The summed E-state index contributed by atoms with van der Waals surface area (Å²) in [4.78, 5) is 32.8. The molecule has 0 radical (unpaired) electrons. The number of β-amino-alcohol motifs (C(OH)–C–C–N with tert-alkyl or cyclic N) is 1. The molecule has 1 saturated heterocycles. The molecular weight excluding hydrogens is 286 g/mol. The Morgan fingerprint density at radius 2 is 2.23 bits per heavy atom. The lowest BCUT2D eigenvalue weighted by atomic mass is 10.3. The van der Waals surface area contributed by atoms with Crippen LogP contribution in [0.4, 0.5) is 0 Å². The van der Waals surface area contributed by atoms with E-state index >= 15 is 0 Å². The van der Waals surface area contributed by atoms with Crippen LogP contribution in [0.2, 0.25) is 0 Å². The Morgan fingerprint density at radius 3 is 3.00 bits per heavy atom. The number of aromatic nitrogens is 2. The van der Waals surface area contributed by atoms with Crippen LogP contribution in [-0.4, -0.2) is 57.8 Å². The van der Waals surface area contributed by atoms with Crippen molar-refractivity contribution in [3.8, 4) is 0 Å². The van der Waals surface area contributed by atoms with Crippen LogP contribution in [0.3, 0.4) is 0 Å². The lowest BCUT2D eigenvalue weighted by Gasteiger charge is -2.15. The number of aromatic amines is 1. The van der Waals surface area contributed by atoms with Crippen molar-refractivity contribution < 1.29 is 14.6 Å². The second-order valence-electron chi connectivity index (χ2n) is 5.20. The molecule has 1 aliphatic heterocycles. The fourth-order valence-corrected chi connectivity index (χ4v) is 2.62. The fraction of sp³-hybridized carbons (Fsp3) is 0.400. The highest BCUT2D eigenvalue weighted by atomic mass is 16.5. The Balaban J connectivity index is 1.89. The van der Waals surface area contributed by atoms with Crippen LogP contribution in [-0.2, 0) is 4.74 Å². The highest BCUT2D eigenvalue weighted by Crippen LogP contribution is 2.16. The van der Waals surface area contributed by atoms with Gasteiger partial charge < -0.3 is 19.7 Å². The summed E-state index contributed by atoms with van der Waals surface area (Å²) >= 11 is 0. The zero-order valence-electron chi connectivity index (χ0n) is 12.2. The van der Waals surface area contributed by atoms with E-state index in [9.17, 15) is 14.7 Å². The molecule has 2 N–H and O–H groups in total. The lowest BCUT2D eigenvalue weighted by Crippen LogP contribution is -2.35. The Morgan fingerprint density at radius 1 is 1.45 bits per heavy atom. The van der Waals surface area contributed by atoms with E-state index in [4.69, 9.17) is 4.74 Å². The number of rotatable bonds is 3. The molecule has 2 aromatic rings. The molecule has 0 bridgehead atoms. The van der Waals surface area contributed by atoms with Gasteiger partial charge in [-0.2, -0.15) is 0 Å². The minimum atomic E-state index is -0.747. The van der Waals surface area contributed by atoms with Gasteiger partial charge in [0.1, 0.15) is 6.10 Å².